The Labute approximate surface area is 96.4 Å². The van der Waals surface area contributed by atoms with Crippen molar-refractivity contribution in [3.63, 3.8) is 0 Å². The molecular weight excluding hydrogens is 204 g/mol. The summed E-state index contributed by atoms with van der Waals surface area (Å²) in [5, 5.41) is 0. The molecule has 0 unspecified atom stereocenters. The fourth-order valence-corrected chi connectivity index (χ4v) is 1.36. The van der Waals surface area contributed by atoms with Gasteiger partial charge in [-0.15, -0.1) is 0 Å². The van der Waals surface area contributed by atoms with Gasteiger partial charge >= 0.3 is 5.97 Å². The Hall–Kier alpha value is -1.35. The molecule has 0 bridgehead atoms. The monoisotopic (exact) mass is 222 g/mol. The van der Waals surface area contributed by atoms with Crippen LogP contribution in [0.25, 0.3) is 0 Å². The van der Waals surface area contributed by atoms with Gasteiger partial charge in [-0.2, -0.15) is 0 Å². The lowest BCUT2D eigenvalue weighted by atomic mass is 10.2. The predicted octanol–water partition coefficient (Wildman–Crippen LogP) is 2.54. The lowest BCUT2D eigenvalue weighted by molar-refractivity contribution is -0.157. The molecule has 88 valence electrons. The molecule has 0 saturated heterocycles. The van der Waals surface area contributed by atoms with Crippen LogP contribution in [0.3, 0.4) is 0 Å². The van der Waals surface area contributed by atoms with Crippen LogP contribution in [0.4, 0.5) is 0 Å². The van der Waals surface area contributed by atoms with E-state index in [-0.39, 0.29) is 5.97 Å². The van der Waals surface area contributed by atoms with E-state index in [9.17, 15) is 4.79 Å². The van der Waals surface area contributed by atoms with Gasteiger partial charge in [-0.05, 0) is 18.9 Å². The summed E-state index contributed by atoms with van der Waals surface area (Å²) in [5.41, 5.74) is 1.06. The van der Waals surface area contributed by atoms with Gasteiger partial charge in [0.2, 0.25) is 0 Å². The highest BCUT2D eigenvalue weighted by molar-refractivity contribution is 5.74. The molecule has 0 aliphatic rings. The zero-order valence-corrected chi connectivity index (χ0v) is 9.81. The van der Waals surface area contributed by atoms with Crippen LogP contribution < -0.4 is 0 Å². The highest BCUT2D eigenvalue weighted by Gasteiger charge is 2.17. The number of rotatable bonds is 6. The minimum atomic E-state index is -0.458. The van der Waals surface area contributed by atoms with E-state index in [1.807, 2.05) is 37.3 Å². The van der Waals surface area contributed by atoms with E-state index in [1.54, 1.807) is 6.92 Å². The van der Waals surface area contributed by atoms with Crippen LogP contribution in [0, 0.1) is 0 Å². The molecule has 0 aromatic heterocycles. The SMILES string of the molecule is CCOC(=O)[C@H](CC)OCc1ccccc1. The predicted molar refractivity (Wildman–Crippen MR) is 61.9 cm³/mol. The standard InChI is InChI=1S/C13H18O3/c1-3-12(13(14)15-4-2)16-10-11-8-6-5-7-9-11/h5-9,12H,3-4,10H2,1-2H3/t12-/m0/s1. The first kappa shape index (κ1) is 12.7. The second kappa shape index (κ2) is 7.01. The Kier molecular flexibility index (Phi) is 5.57. The smallest absolute Gasteiger partial charge is 0.335 e. The Bertz CT molecular complexity index is 308. The van der Waals surface area contributed by atoms with Crippen molar-refractivity contribution < 1.29 is 14.3 Å². The molecule has 1 rings (SSSR count). The molecule has 0 aliphatic carbocycles. The van der Waals surface area contributed by atoms with Gasteiger partial charge in [0.25, 0.3) is 0 Å². The minimum absolute atomic E-state index is 0.277. The van der Waals surface area contributed by atoms with Gasteiger partial charge in [0, 0.05) is 0 Å². The maximum atomic E-state index is 11.4. The van der Waals surface area contributed by atoms with Gasteiger partial charge < -0.3 is 9.47 Å². The zero-order valence-electron chi connectivity index (χ0n) is 9.81. The number of ether oxygens (including phenoxy) is 2. The van der Waals surface area contributed by atoms with Crippen LogP contribution in [-0.2, 0) is 20.9 Å². The minimum Gasteiger partial charge on any atom is -0.464 e. The van der Waals surface area contributed by atoms with E-state index < -0.39 is 6.10 Å². The van der Waals surface area contributed by atoms with Gasteiger partial charge in [0.1, 0.15) is 0 Å². The Balaban J connectivity index is 2.43. The average Bonchev–Trinajstić information content (AvgIpc) is 2.31. The molecule has 3 nitrogen and oxygen atoms in total. The third kappa shape index (κ3) is 4.03. The summed E-state index contributed by atoms with van der Waals surface area (Å²) in [4.78, 5) is 11.4. The summed E-state index contributed by atoms with van der Waals surface area (Å²) in [6.07, 6.45) is 0.172. The van der Waals surface area contributed by atoms with E-state index in [2.05, 4.69) is 0 Å². The molecule has 0 N–H and O–H groups in total. The molecule has 0 fully saturated rings. The third-order valence-electron chi connectivity index (χ3n) is 2.21. The van der Waals surface area contributed by atoms with Crippen molar-refractivity contribution in [1.29, 1.82) is 0 Å². The maximum absolute atomic E-state index is 11.4. The highest BCUT2D eigenvalue weighted by atomic mass is 16.6. The van der Waals surface area contributed by atoms with Gasteiger partial charge in [0.05, 0.1) is 13.2 Å². The molecule has 0 radical (unpaired) electrons. The summed E-state index contributed by atoms with van der Waals surface area (Å²) in [6.45, 7) is 4.54. The molecule has 16 heavy (non-hydrogen) atoms. The van der Waals surface area contributed by atoms with Gasteiger partial charge in [0.15, 0.2) is 6.10 Å². The second-order valence-corrected chi connectivity index (χ2v) is 3.45. The molecule has 0 spiro atoms. The number of carbonyl (C=O) groups excluding carboxylic acids is 1. The van der Waals surface area contributed by atoms with Gasteiger partial charge in [-0.25, -0.2) is 4.79 Å². The summed E-state index contributed by atoms with van der Waals surface area (Å²) in [7, 11) is 0. The molecule has 1 aromatic rings. The Morgan fingerprint density at radius 1 is 1.25 bits per heavy atom. The Morgan fingerprint density at radius 2 is 1.94 bits per heavy atom. The molecular formula is C13H18O3. The van der Waals surface area contributed by atoms with Crippen LogP contribution in [0.15, 0.2) is 30.3 Å². The largest absolute Gasteiger partial charge is 0.464 e. The normalized spacial score (nSPS) is 12.1. The first-order valence-corrected chi connectivity index (χ1v) is 5.60. The second-order valence-electron chi connectivity index (χ2n) is 3.45. The molecule has 0 saturated carbocycles. The third-order valence-corrected chi connectivity index (χ3v) is 2.21. The van der Waals surface area contributed by atoms with Gasteiger partial charge in [-0.3, -0.25) is 0 Å². The summed E-state index contributed by atoms with van der Waals surface area (Å²) in [6, 6.07) is 9.79. The number of esters is 1. The topological polar surface area (TPSA) is 35.5 Å². The molecule has 3 heteroatoms. The summed E-state index contributed by atoms with van der Waals surface area (Å²) >= 11 is 0. The van der Waals surface area contributed by atoms with E-state index >= 15 is 0 Å². The van der Waals surface area contributed by atoms with Crippen LogP contribution in [0.1, 0.15) is 25.8 Å². The Morgan fingerprint density at radius 3 is 2.50 bits per heavy atom. The first-order valence-electron chi connectivity index (χ1n) is 5.60. The van der Waals surface area contributed by atoms with E-state index in [4.69, 9.17) is 9.47 Å². The molecule has 1 atom stereocenters. The van der Waals surface area contributed by atoms with Crippen molar-refractivity contribution >= 4 is 5.97 Å². The summed E-state index contributed by atoms with van der Waals surface area (Å²) in [5.74, 6) is -0.277. The molecule has 0 amide bonds. The quantitative estimate of drug-likeness (QED) is 0.694. The fourth-order valence-electron chi connectivity index (χ4n) is 1.36. The number of carbonyl (C=O) groups is 1. The zero-order chi connectivity index (χ0) is 11.8. The van der Waals surface area contributed by atoms with Crippen molar-refractivity contribution in [2.75, 3.05) is 6.61 Å². The van der Waals surface area contributed by atoms with Crippen molar-refractivity contribution in [2.24, 2.45) is 0 Å². The van der Waals surface area contributed by atoms with Crippen molar-refractivity contribution in [1.82, 2.24) is 0 Å². The van der Waals surface area contributed by atoms with Crippen molar-refractivity contribution in [2.45, 2.75) is 33.0 Å². The van der Waals surface area contributed by atoms with Crippen LogP contribution in [-0.4, -0.2) is 18.7 Å². The van der Waals surface area contributed by atoms with Crippen LogP contribution in [0.5, 0.6) is 0 Å². The maximum Gasteiger partial charge on any atom is 0.335 e. The van der Waals surface area contributed by atoms with Crippen LogP contribution in [0.2, 0.25) is 0 Å². The lowest BCUT2D eigenvalue weighted by Gasteiger charge is -2.14. The number of hydrogen-bond donors (Lipinski definition) is 0. The fraction of sp³-hybridized carbons (Fsp3) is 0.462. The average molecular weight is 222 g/mol. The van der Waals surface area contributed by atoms with Crippen molar-refractivity contribution in [3.8, 4) is 0 Å². The summed E-state index contributed by atoms with van der Waals surface area (Å²) < 4.78 is 10.4. The van der Waals surface area contributed by atoms with Crippen LogP contribution >= 0.6 is 0 Å². The molecule has 0 aliphatic heterocycles. The molecule has 1 aromatic carbocycles. The van der Waals surface area contributed by atoms with E-state index in [1.165, 1.54) is 0 Å². The lowest BCUT2D eigenvalue weighted by Crippen LogP contribution is -2.25. The van der Waals surface area contributed by atoms with E-state index in [0.29, 0.717) is 19.6 Å². The highest BCUT2D eigenvalue weighted by Crippen LogP contribution is 2.07. The van der Waals surface area contributed by atoms with Gasteiger partial charge in [-0.1, -0.05) is 37.3 Å². The first-order chi connectivity index (χ1) is 7.77. The number of benzene rings is 1. The number of hydrogen-bond acceptors (Lipinski definition) is 3. The van der Waals surface area contributed by atoms with Crippen molar-refractivity contribution in [3.05, 3.63) is 35.9 Å². The van der Waals surface area contributed by atoms with E-state index in [0.717, 1.165) is 5.56 Å². The molecule has 0 heterocycles.